The minimum Gasteiger partial charge on any atom is -0.462 e. The molecule has 6 atom stereocenters. The number of ether oxygens (including phenoxy) is 1. The van der Waals surface area contributed by atoms with E-state index in [1.807, 2.05) is 6.08 Å². The zero-order valence-electron chi connectivity index (χ0n) is 21.4. The predicted molar refractivity (Wildman–Crippen MR) is 132 cm³/mol. The first-order valence-corrected chi connectivity index (χ1v) is 14.3. The maximum atomic E-state index is 13.2. The van der Waals surface area contributed by atoms with Gasteiger partial charge >= 0.3 is 5.97 Å². The molecule has 0 aromatic rings. The lowest BCUT2D eigenvalue weighted by Crippen LogP contribution is -2.51. The molecule has 3 unspecified atom stereocenters. The molecule has 3 nitrogen and oxygen atoms in total. The van der Waals surface area contributed by atoms with Gasteiger partial charge in [-0.05, 0) is 106 Å². The Bertz CT molecular complexity index is 790. The van der Waals surface area contributed by atoms with Gasteiger partial charge in [-0.3, -0.25) is 9.59 Å². The van der Waals surface area contributed by atoms with Gasteiger partial charge in [0.25, 0.3) is 0 Å². The van der Waals surface area contributed by atoms with Crippen LogP contribution in [-0.2, 0) is 14.3 Å². The SMILES string of the molecule is CCCCC1CCC(C(=O)O[C@H]2CCC3C4CCC5=CC(=O)CC[C@@]5(C)C4CC[C@@]32C)CC1. The molecule has 5 aliphatic rings. The molecule has 0 spiro atoms. The molecular weight excluding hydrogens is 408 g/mol. The lowest BCUT2D eigenvalue weighted by Gasteiger charge is -2.57. The molecule has 0 N–H and O–H groups in total. The summed E-state index contributed by atoms with van der Waals surface area (Å²) in [6.45, 7) is 7.16. The number of rotatable bonds is 5. The second-order valence-corrected chi connectivity index (χ2v) is 12.9. The van der Waals surface area contributed by atoms with Gasteiger partial charge in [-0.25, -0.2) is 0 Å². The average molecular weight is 455 g/mol. The standard InChI is InChI=1S/C30H46O3/c1-4-5-6-20-7-9-21(10-8-20)28(32)33-27-14-13-25-24-12-11-22-19-23(31)15-17-29(22,2)26(24)16-18-30(25,27)3/h19-21,24-27H,4-18H2,1-3H3/t20?,21?,24?,25?,26?,27-,29+,30-/m0/s1. The van der Waals surface area contributed by atoms with Crippen LogP contribution in [-0.4, -0.2) is 17.9 Å². The topological polar surface area (TPSA) is 43.4 Å². The molecule has 33 heavy (non-hydrogen) atoms. The summed E-state index contributed by atoms with van der Waals surface area (Å²) >= 11 is 0. The molecule has 0 aromatic heterocycles. The molecule has 4 fully saturated rings. The van der Waals surface area contributed by atoms with Crippen molar-refractivity contribution in [3.05, 3.63) is 11.6 Å². The minimum absolute atomic E-state index is 0.115. The zero-order valence-corrected chi connectivity index (χ0v) is 21.4. The molecule has 5 aliphatic carbocycles. The Morgan fingerprint density at radius 3 is 2.52 bits per heavy atom. The number of carbonyl (C=O) groups excluding carboxylic acids is 2. The predicted octanol–water partition coefficient (Wildman–Crippen LogP) is 7.43. The van der Waals surface area contributed by atoms with Crippen LogP contribution in [0.3, 0.4) is 0 Å². The van der Waals surface area contributed by atoms with E-state index in [0.29, 0.717) is 17.6 Å². The van der Waals surface area contributed by atoms with E-state index in [9.17, 15) is 9.59 Å². The second kappa shape index (κ2) is 9.15. The molecule has 0 amide bonds. The van der Waals surface area contributed by atoms with Gasteiger partial charge in [0.2, 0.25) is 0 Å². The van der Waals surface area contributed by atoms with Crippen molar-refractivity contribution in [3.63, 3.8) is 0 Å². The fraction of sp³-hybridized carbons (Fsp3) is 0.867. The van der Waals surface area contributed by atoms with Gasteiger partial charge in [0.05, 0.1) is 5.92 Å². The minimum atomic E-state index is 0.115. The molecule has 0 aromatic carbocycles. The molecule has 0 aliphatic heterocycles. The highest BCUT2D eigenvalue weighted by atomic mass is 16.5. The number of fused-ring (bicyclic) bond motifs is 5. The first-order valence-electron chi connectivity index (χ1n) is 14.3. The first kappa shape index (κ1) is 23.6. The van der Waals surface area contributed by atoms with E-state index in [0.717, 1.165) is 50.4 Å². The monoisotopic (exact) mass is 454 g/mol. The Morgan fingerprint density at radius 2 is 1.76 bits per heavy atom. The van der Waals surface area contributed by atoms with Crippen LogP contribution in [0.15, 0.2) is 11.6 Å². The summed E-state index contributed by atoms with van der Waals surface area (Å²) in [5.74, 6) is 3.55. The normalized spacial score (nSPS) is 44.9. The molecule has 3 heteroatoms. The van der Waals surface area contributed by atoms with Gasteiger partial charge < -0.3 is 4.74 Å². The van der Waals surface area contributed by atoms with E-state index in [1.54, 1.807) is 0 Å². The van der Waals surface area contributed by atoms with Crippen molar-refractivity contribution in [2.45, 2.75) is 123 Å². The highest BCUT2D eigenvalue weighted by Gasteiger charge is 2.60. The third-order valence-electron chi connectivity index (χ3n) is 11.3. The van der Waals surface area contributed by atoms with E-state index in [4.69, 9.17) is 4.74 Å². The number of hydrogen-bond acceptors (Lipinski definition) is 3. The number of carbonyl (C=O) groups is 2. The summed E-state index contributed by atoms with van der Waals surface area (Å²) < 4.78 is 6.37. The summed E-state index contributed by atoms with van der Waals surface area (Å²) in [7, 11) is 0. The van der Waals surface area contributed by atoms with Crippen molar-refractivity contribution in [2.75, 3.05) is 0 Å². The van der Waals surface area contributed by atoms with E-state index in [-0.39, 0.29) is 28.8 Å². The molecule has 5 rings (SSSR count). The zero-order chi connectivity index (χ0) is 23.2. The van der Waals surface area contributed by atoms with Crippen molar-refractivity contribution in [1.29, 1.82) is 0 Å². The molecule has 0 radical (unpaired) electrons. The van der Waals surface area contributed by atoms with Crippen molar-refractivity contribution >= 4 is 11.8 Å². The molecular formula is C30H46O3. The first-order chi connectivity index (χ1) is 15.8. The van der Waals surface area contributed by atoms with Gasteiger partial charge in [-0.1, -0.05) is 45.6 Å². The quantitative estimate of drug-likeness (QED) is 0.406. The summed E-state index contributed by atoms with van der Waals surface area (Å²) in [6.07, 6.45) is 19.3. The fourth-order valence-corrected chi connectivity index (χ4v) is 9.12. The van der Waals surface area contributed by atoms with Gasteiger partial charge in [-0.2, -0.15) is 0 Å². The summed E-state index contributed by atoms with van der Waals surface area (Å²) in [5, 5.41) is 0. The van der Waals surface area contributed by atoms with E-state index < -0.39 is 0 Å². The van der Waals surface area contributed by atoms with E-state index >= 15 is 0 Å². The third kappa shape index (κ3) is 4.14. The van der Waals surface area contributed by atoms with Crippen LogP contribution in [0.25, 0.3) is 0 Å². The lowest BCUT2D eigenvalue weighted by atomic mass is 9.47. The average Bonchev–Trinajstić information content (AvgIpc) is 3.14. The molecule has 0 saturated heterocycles. The highest BCUT2D eigenvalue weighted by Crippen LogP contribution is 2.65. The van der Waals surface area contributed by atoms with Crippen molar-refractivity contribution < 1.29 is 14.3 Å². The molecule has 4 saturated carbocycles. The number of allylic oxidation sites excluding steroid dienone is 1. The Kier molecular flexibility index (Phi) is 6.55. The third-order valence-corrected chi connectivity index (χ3v) is 11.3. The largest absolute Gasteiger partial charge is 0.462 e. The van der Waals surface area contributed by atoms with E-state index in [2.05, 4.69) is 20.8 Å². The number of unbranched alkanes of at least 4 members (excludes halogenated alkanes) is 1. The van der Waals surface area contributed by atoms with Gasteiger partial charge in [0, 0.05) is 11.8 Å². The van der Waals surface area contributed by atoms with Gasteiger partial charge in [0.15, 0.2) is 5.78 Å². The molecule has 0 bridgehead atoms. The maximum Gasteiger partial charge on any atom is 0.309 e. The number of ketones is 1. The van der Waals surface area contributed by atoms with Gasteiger partial charge in [-0.15, -0.1) is 0 Å². The van der Waals surface area contributed by atoms with Crippen molar-refractivity contribution in [2.24, 2.45) is 40.4 Å². The van der Waals surface area contributed by atoms with Crippen LogP contribution in [0.1, 0.15) is 117 Å². The van der Waals surface area contributed by atoms with Crippen LogP contribution in [0.4, 0.5) is 0 Å². The summed E-state index contributed by atoms with van der Waals surface area (Å²) in [5.41, 5.74) is 1.82. The highest BCUT2D eigenvalue weighted by molar-refractivity contribution is 5.91. The van der Waals surface area contributed by atoms with Gasteiger partial charge in [0.1, 0.15) is 6.10 Å². The van der Waals surface area contributed by atoms with Crippen LogP contribution in [0.2, 0.25) is 0 Å². The Labute approximate surface area is 201 Å². The lowest BCUT2D eigenvalue weighted by molar-refractivity contribution is -0.166. The maximum absolute atomic E-state index is 13.2. The van der Waals surface area contributed by atoms with Crippen LogP contribution >= 0.6 is 0 Å². The van der Waals surface area contributed by atoms with Crippen molar-refractivity contribution in [3.8, 4) is 0 Å². The van der Waals surface area contributed by atoms with E-state index in [1.165, 1.54) is 63.4 Å². The number of hydrogen-bond donors (Lipinski definition) is 0. The van der Waals surface area contributed by atoms with Crippen LogP contribution in [0, 0.1) is 40.4 Å². The second-order valence-electron chi connectivity index (χ2n) is 12.9. The summed E-state index contributed by atoms with van der Waals surface area (Å²) in [6, 6.07) is 0. The smallest absolute Gasteiger partial charge is 0.309 e. The summed E-state index contributed by atoms with van der Waals surface area (Å²) in [4.78, 5) is 25.3. The van der Waals surface area contributed by atoms with Crippen LogP contribution in [0.5, 0.6) is 0 Å². The Morgan fingerprint density at radius 1 is 0.970 bits per heavy atom. The van der Waals surface area contributed by atoms with Crippen LogP contribution < -0.4 is 0 Å². The Balaban J connectivity index is 1.22. The Hall–Kier alpha value is -1.12. The van der Waals surface area contributed by atoms with Crippen molar-refractivity contribution in [1.82, 2.24) is 0 Å². The molecule has 0 heterocycles. The molecule has 184 valence electrons. The fourth-order valence-electron chi connectivity index (χ4n) is 9.12. The number of esters is 1.